The molecule has 1 N–H and O–H groups in total. The second-order valence-electron chi connectivity index (χ2n) is 10.4. The number of amides is 2. The van der Waals surface area contributed by atoms with Crippen LogP contribution in [0.2, 0.25) is 0 Å². The molecule has 2 aromatic rings. The third-order valence-electron chi connectivity index (χ3n) is 7.98. The van der Waals surface area contributed by atoms with Crippen LogP contribution in [0.4, 0.5) is 0 Å². The van der Waals surface area contributed by atoms with Gasteiger partial charge in [-0.2, -0.15) is 4.98 Å². The summed E-state index contributed by atoms with van der Waals surface area (Å²) in [7, 11) is 0. The lowest BCUT2D eigenvalue weighted by atomic mass is 9.86. The van der Waals surface area contributed by atoms with E-state index in [0.717, 1.165) is 45.1 Å². The van der Waals surface area contributed by atoms with Crippen molar-refractivity contribution in [2.75, 3.05) is 13.1 Å². The fourth-order valence-electron chi connectivity index (χ4n) is 6.10. The maximum atomic E-state index is 13.6. The Balaban J connectivity index is 1.37. The van der Waals surface area contributed by atoms with Crippen LogP contribution in [0.5, 0.6) is 0 Å². The van der Waals surface area contributed by atoms with E-state index >= 15 is 0 Å². The molecule has 2 amide bonds. The molecule has 0 radical (unpaired) electrons. The number of nitrogens with zero attached hydrogens (tertiary/aromatic N) is 5. The Hall–Kier alpha value is -2.84. The molecule has 1 aliphatic heterocycles. The van der Waals surface area contributed by atoms with E-state index in [2.05, 4.69) is 25.4 Å². The van der Waals surface area contributed by atoms with E-state index in [9.17, 15) is 9.59 Å². The zero-order valence-corrected chi connectivity index (χ0v) is 20.4. The minimum Gasteiger partial charge on any atom is -0.356 e. The Bertz CT molecular complexity index is 990. The number of hydrogen-bond acceptors (Lipinski definition) is 7. The van der Waals surface area contributed by atoms with Gasteiger partial charge in [0.15, 0.2) is 0 Å². The second-order valence-corrected chi connectivity index (χ2v) is 10.4. The molecule has 35 heavy (non-hydrogen) atoms. The zero-order valence-electron chi connectivity index (χ0n) is 20.4. The number of aromatic nitrogens is 4. The van der Waals surface area contributed by atoms with Crippen molar-refractivity contribution in [2.45, 2.75) is 89.0 Å². The third-order valence-corrected chi connectivity index (χ3v) is 7.98. The molecule has 3 fully saturated rings. The van der Waals surface area contributed by atoms with E-state index in [0.29, 0.717) is 49.1 Å². The van der Waals surface area contributed by atoms with Crippen molar-refractivity contribution in [3.63, 3.8) is 0 Å². The van der Waals surface area contributed by atoms with Crippen molar-refractivity contribution < 1.29 is 14.1 Å². The highest BCUT2D eigenvalue weighted by atomic mass is 16.5. The monoisotopic (exact) mass is 480 g/mol. The van der Waals surface area contributed by atoms with E-state index in [-0.39, 0.29) is 29.7 Å². The molecule has 0 aromatic carbocycles. The molecular weight excluding hydrogens is 444 g/mol. The highest BCUT2D eigenvalue weighted by Gasteiger charge is 2.45. The Labute approximate surface area is 206 Å². The molecule has 3 aliphatic rings. The average Bonchev–Trinajstić information content (AvgIpc) is 3.54. The van der Waals surface area contributed by atoms with Gasteiger partial charge >= 0.3 is 0 Å². The van der Waals surface area contributed by atoms with E-state index in [4.69, 9.17) is 4.52 Å². The van der Waals surface area contributed by atoms with Crippen LogP contribution in [0.25, 0.3) is 11.5 Å². The SMILES string of the molecule is O=C1NCCCCCCN(C(=O)CC2CCCCC2)[C@H]2C[C@H](c3nc(-c4cnccn4)no3)C[C@@H]12. The molecule has 1 saturated heterocycles. The van der Waals surface area contributed by atoms with Gasteiger partial charge in [0.05, 0.1) is 12.1 Å². The van der Waals surface area contributed by atoms with E-state index < -0.39 is 0 Å². The number of hydrogen-bond donors (Lipinski definition) is 1. The number of rotatable bonds is 4. The topological polar surface area (TPSA) is 114 Å². The molecule has 0 spiro atoms. The van der Waals surface area contributed by atoms with Crippen molar-refractivity contribution in [1.29, 1.82) is 0 Å². The van der Waals surface area contributed by atoms with Gasteiger partial charge in [-0.15, -0.1) is 0 Å². The van der Waals surface area contributed by atoms with Crippen molar-refractivity contribution in [2.24, 2.45) is 11.8 Å². The number of nitrogens with one attached hydrogen (secondary N) is 1. The predicted octanol–water partition coefficient (Wildman–Crippen LogP) is 3.88. The van der Waals surface area contributed by atoms with Crippen LogP contribution in [-0.2, 0) is 9.59 Å². The summed E-state index contributed by atoms with van der Waals surface area (Å²) in [6.07, 6.45) is 16.8. The molecule has 9 nitrogen and oxygen atoms in total. The normalized spacial score (nSPS) is 26.6. The highest BCUT2D eigenvalue weighted by Crippen LogP contribution is 2.42. The highest BCUT2D eigenvalue weighted by molar-refractivity contribution is 5.82. The molecule has 0 bridgehead atoms. The molecule has 0 unspecified atom stereocenters. The van der Waals surface area contributed by atoms with Gasteiger partial charge in [-0.3, -0.25) is 14.6 Å². The van der Waals surface area contributed by atoms with Gasteiger partial charge in [0.2, 0.25) is 23.5 Å². The third kappa shape index (κ3) is 5.70. The lowest BCUT2D eigenvalue weighted by molar-refractivity contribution is -0.137. The minimum absolute atomic E-state index is 0.0449. The molecule has 3 heterocycles. The Morgan fingerprint density at radius 3 is 2.71 bits per heavy atom. The Morgan fingerprint density at radius 1 is 1.06 bits per heavy atom. The van der Waals surface area contributed by atoms with E-state index in [1.165, 1.54) is 19.3 Å². The van der Waals surface area contributed by atoms with Crippen LogP contribution < -0.4 is 5.32 Å². The van der Waals surface area contributed by atoms with Crippen LogP contribution in [0.3, 0.4) is 0 Å². The van der Waals surface area contributed by atoms with Crippen molar-refractivity contribution in [1.82, 2.24) is 30.3 Å². The first-order valence-corrected chi connectivity index (χ1v) is 13.4. The summed E-state index contributed by atoms with van der Waals surface area (Å²) < 4.78 is 5.63. The van der Waals surface area contributed by atoms with E-state index in [1.54, 1.807) is 18.6 Å². The molecule has 2 aromatic heterocycles. The second kappa shape index (κ2) is 11.3. The number of carbonyl (C=O) groups is 2. The summed E-state index contributed by atoms with van der Waals surface area (Å²) in [6, 6.07) is -0.138. The fourth-order valence-corrected chi connectivity index (χ4v) is 6.10. The van der Waals surface area contributed by atoms with Gasteiger partial charge in [-0.25, -0.2) is 4.98 Å². The van der Waals surface area contributed by atoms with Crippen molar-refractivity contribution in [3.05, 3.63) is 24.5 Å². The van der Waals surface area contributed by atoms with Gasteiger partial charge in [-0.1, -0.05) is 37.3 Å². The molecule has 9 heteroatoms. The summed E-state index contributed by atoms with van der Waals surface area (Å²) in [4.78, 5) is 41.8. The predicted molar refractivity (Wildman–Crippen MR) is 129 cm³/mol. The molecule has 2 aliphatic carbocycles. The Morgan fingerprint density at radius 2 is 1.89 bits per heavy atom. The van der Waals surface area contributed by atoms with Crippen LogP contribution in [0.15, 0.2) is 23.1 Å². The lowest BCUT2D eigenvalue weighted by Gasteiger charge is -2.34. The first-order chi connectivity index (χ1) is 17.2. The number of carbonyl (C=O) groups excluding carboxylic acids is 2. The Kier molecular flexibility index (Phi) is 7.69. The van der Waals surface area contributed by atoms with Crippen LogP contribution in [0.1, 0.15) is 88.9 Å². The standard InChI is InChI=1S/C26H36N6O3/c33-23(14-18-8-4-3-5-9-18)32-13-7-2-1-6-10-29-25(34)20-15-19(16-22(20)32)26-30-24(31-35-26)21-17-27-11-12-28-21/h11-12,17-20,22H,1-10,13-16H2,(H,29,34)/t19-,20-,22+/m1/s1. The van der Waals surface area contributed by atoms with Gasteiger partial charge in [0, 0.05) is 43.9 Å². The smallest absolute Gasteiger partial charge is 0.230 e. The first-order valence-electron chi connectivity index (χ1n) is 13.4. The largest absolute Gasteiger partial charge is 0.356 e. The maximum Gasteiger partial charge on any atom is 0.230 e. The van der Waals surface area contributed by atoms with Crippen molar-refractivity contribution in [3.8, 4) is 11.5 Å². The summed E-state index contributed by atoms with van der Waals surface area (Å²) in [5.74, 6) is 1.31. The van der Waals surface area contributed by atoms with Gasteiger partial charge in [0.1, 0.15) is 5.69 Å². The summed E-state index contributed by atoms with van der Waals surface area (Å²) in [6.45, 7) is 1.42. The fraction of sp³-hybridized carbons (Fsp3) is 0.692. The molecule has 5 rings (SSSR count). The summed E-state index contributed by atoms with van der Waals surface area (Å²) in [5, 5.41) is 7.24. The number of fused-ring (bicyclic) bond motifs is 1. The van der Waals surface area contributed by atoms with Gasteiger partial charge in [-0.05, 0) is 44.4 Å². The molecule has 188 valence electrons. The average molecular weight is 481 g/mol. The first kappa shape index (κ1) is 23.9. The van der Waals surface area contributed by atoms with Gasteiger partial charge < -0.3 is 14.7 Å². The van der Waals surface area contributed by atoms with Crippen molar-refractivity contribution >= 4 is 11.8 Å². The maximum absolute atomic E-state index is 13.6. The zero-order chi connectivity index (χ0) is 24.0. The quantitative estimate of drug-likeness (QED) is 0.706. The lowest BCUT2D eigenvalue weighted by Crippen LogP contribution is -2.47. The summed E-state index contributed by atoms with van der Waals surface area (Å²) >= 11 is 0. The van der Waals surface area contributed by atoms with Crippen LogP contribution in [0, 0.1) is 11.8 Å². The molecular formula is C26H36N6O3. The van der Waals surface area contributed by atoms with Crippen LogP contribution >= 0.6 is 0 Å². The van der Waals surface area contributed by atoms with E-state index in [1.807, 2.05) is 4.90 Å². The van der Waals surface area contributed by atoms with Gasteiger partial charge in [0.25, 0.3) is 0 Å². The minimum atomic E-state index is -0.264. The summed E-state index contributed by atoms with van der Waals surface area (Å²) in [5.41, 5.74) is 0.553. The molecule has 3 atom stereocenters. The molecule has 2 saturated carbocycles. The van der Waals surface area contributed by atoms with Crippen LogP contribution in [-0.4, -0.2) is 56.0 Å².